The number of esters is 4. The van der Waals surface area contributed by atoms with Crippen molar-refractivity contribution in [3.05, 3.63) is 0 Å². The van der Waals surface area contributed by atoms with Crippen molar-refractivity contribution in [3.8, 4) is 0 Å². The van der Waals surface area contributed by atoms with Crippen LogP contribution in [0.15, 0.2) is 0 Å². The van der Waals surface area contributed by atoms with Crippen LogP contribution in [-0.4, -0.2) is 60.9 Å². The van der Waals surface area contributed by atoms with Gasteiger partial charge in [0.25, 0.3) is 0 Å². The van der Waals surface area contributed by atoms with Crippen molar-refractivity contribution < 1.29 is 47.7 Å². The van der Waals surface area contributed by atoms with Crippen molar-refractivity contribution in [2.75, 3.05) is 6.61 Å². The Morgan fingerprint density at radius 2 is 1.50 bits per heavy atom. The van der Waals surface area contributed by atoms with Gasteiger partial charge in [0, 0.05) is 50.9 Å². The molecule has 0 N–H and O–H groups in total. The Bertz CT molecular complexity index is 1070. The van der Waals surface area contributed by atoms with Crippen LogP contribution in [0.25, 0.3) is 0 Å². The van der Waals surface area contributed by atoms with Gasteiger partial charge in [-0.1, -0.05) is 20.3 Å². The Morgan fingerprint density at radius 1 is 0.868 bits per heavy atom. The van der Waals surface area contributed by atoms with Gasteiger partial charge in [-0.2, -0.15) is 0 Å². The number of ketones is 1. The average molecular weight is 535 g/mol. The third-order valence-electron chi connectivity index (χ3n) is 10.3. The lowest BCUT2D eigenvalue weighted by Gasteiger charge is -2.70. The van der Waals surface area contributed by atoms with E-state index in [1.54, 1.807) is 6.92 Å². The van der Waals surface area contributed by atoms with Gasteiger partial charge >= 0.3 is 23.9 Å². The van der Waals surface area contributed by atoms with Crippen molar-refractivity contribution >= 4 is 29.7 Å². The van der Waals surface area contributed by atoms with Crippen molar-refractivity contribution in [2.24, 2.45) is 39.9 Å². The van der Waals surface area contributed by atoms with E-state index in [0.717, 1.165) is 12.8 Å². The Balaban J connectivity index is 1.81. The van der Waals surface area contributed by atoms with E-state index >= 15 is 0 Å². The first-order chi connectivity index (χ1) is 17.8. The van der Waals surface area contributed by atoms with Crippen LogP contribution in [0, 0.1) is 39.9 Å². The summed E-state index contributed by atoms with van der Waals surface area (Å²) in [5, 5.41) is 0. The van der Waals surface area contributed by atoms with E-state index in [0.29, 0.717) is 25.9 Å². The number of Topliss-reactive ketones (excluding diaryl/α,β-unsaturated/α-hetero) is 1. The highest BCUT2D eigenvalue weighted by Crippen LogP contribution is 2.75. The fourth-order valence-electron chi connectivity index (χ4n) is 9.49. The van der Waals surface area contributed by atoms with Crippen molar-refractivity contribution in [3.63, 3.8) is 0 Å². The van der Waals surface area contributed by atoms with Crippen LogP contribution in [0.5, 0.6) is 0 Å². The zero-order valence-corrected chi connectivity index (χ0v) is 22.9. The molecular formula is C28H38O10. The molecule has 4 saturated carbocycles. The molecule has 38 heavy (non-hydrogen) atoms. The molecule has 210 valence electrons. The highest BCUT2D eigenvalue weighted by Gasteiger charge is 2.83. The molecule has 10 heteroatoms. The van der Waals surface area contributed by atoms with Crippen molar-refractivity contribution in [2.45, 2.75) is 98.2 Å². The molecule has 1 aliphatic heterocycles. The lowest BCUT2D eigenvalue weighted by atomic mass is 9.37. The topological polar surface area (TPSA) is 132 Å². The summed E-state index contributed by atoms with van der Waals surface area (Å²) in [4.78, 5) is 64.3. The first-order valence-corrected chi connectivity index (χ1v) is 13.6. The predicted octanol–water partition coefficient (Wildman–Crippen LogP) is 2.74. The highest BCUT2D eigenvalue weighted by atomic mass is 16.7. The zero-order valence-electron chi connectivity index (χ0n) is 22.9. The first kappa shape index (κ1) is 27.1. The van der Waals surface area contributed by atoms with Crippen LogP contribution >= 0.6 is 0 Å². The second-order valence-electron chi connectivity index (χ2n) is 12.4. The van der Waals surface area contributed by atoms with E-state index in [2.05, 4.69) is 6.92 Å². The first-order valence-electron chi connectivity index (χ1n) is 13.6. The normalized spacial score (nSPS) is 46.7. The van der Waals surface area contributed by atoms with Gasteiger partial charge < -0.3 is 23.7 Å². The molecular weight excluding hydrogens is 496 g/mol. The second kappa shape index (κ2) is 9.03. The van der Waals surface area contributed by atoms with Crippen LogP contribution in [-0.2, 0) is 47.7 Å². The molecule has 4 bridgehead atoms. The summed E-state index contributed by atoms with van der Waals surface area (Å²) in [5.41, 5.74) is -2.75. The van der Waals surface area contributed by atoms with Crippen molar-refractivity contribution in [1.82, 2.24) is 0 Å². The van der Waals surface area contributed by atoms with Gasteiger partial charge in [-0.25, -0.2) is 0 Å². The Hall–Kier alpha value is -2.49. The van der Waals surface area contributed by atoms with E-state index in [1.807, 2.05) is 0 Å². The number of carbonyl (C=O) groups is 5. The minimum atomic E-state index is -1.48. The Morgan fingerprint density at radius 3 is 2.11 bits per heavy atom. The molecule has 2 unspecified atom stereocenters. The molecule has 0 radical (unpaired) electrons. The van der Waals surface area contributed by atoms with Crippen LogP contribution in [0.4, 0.5) is 0 Å². The summed E-state index contributed by atoms with van der Waals surface area (Å²) >= 11 is 0. The molecule has 5 rings (SSSR count). The molecule has 5 fully saturated rings. The number of ether oxygens (including phenoxy) is 5. The Kier molecular flexibility index (Phi) is 6.44. The summed E-state index contributed by atoms with van der Waals surface area (Å²) in [7, 11) is 0. The molecule has 0 aromatic carbocycles. The number of hydrogen-bond acceptors (Lipinski definition) is 10. The van der Waals surface area contributed by atoms with Gasteiger partial charge in [-0.3, -0.25) is 24.0 Å². The molecule has 0 aromatic rings. The second-order valence-corrected chi connectivity index (χ2v) is 12.4. The molecule has 0 aromatic heterocycles. The van der Waals surface area contributed by atoms with E-state index in [4.69, 9.17) is 23.7 Å². The minimum Gasteiger partial charge on any atom is -0.462 e. The maximum Gasteiger partial charge on any atom is 0.304 e. The zero-order chi connectivity index (χ0) is 27.8. The molecule has 0 amide bonds. The van der Waals surface area contributed by atoms with Crippen LogP contribution in [0.3, 0.4) is 0 Å². The molecule has 4 aliphatic carbocycles. The van der Waals surface area contributed by atoms with Gasteiger partial charge in [0.15, 0.2) is 0 Å². The maximum atomic E-state index is 14.5. The summed E-state index contributed by atoms with van der Waals surface area (Å²) < 4.78 is 30.1. The summed E-state index contributed by atoms with van der Waals surface area (Å²) in [5.74, 6) is -4.17. The van der Waals surface area contributed by atoms with Crippen LogP contribution in [0.2, 0.25) is 0 Å². The van der Waals surface area contributed by atoms with Gasteiger partial charge in [-0.15, -0.1) is 0 Å². The van der Waals surface area contributed by atoms with Gasteiger partial charge in [0.1, 0.15) is 29.5 Å². The predicted molar refractivity (Wildman–Crippen MR) is 129 cm³/mol. The fourth-order valence-corrected chi connectivity index (χ4v) is 9.49. The molecule has 1 heterocycles. The highest BCUT2D eigenvalue weighted by molar-refractivity contribution is 5.93. The molecule has 1 spiro atoms. The van der Waals surface area contributed by atoms with E-state index in [1.165, 1.54) is 27.7 Å². The maximum absolute atomic E-state index is 14.5. The monoisotopic (exact) mass is 534 g/mol. The SMILES string of the molecule is CC(=O)OC1OC[C@]2(C)CCC[C@]13[C@@H]1[C@@H](OC(C)=O)C[C@@H]4[C@@H](OC(C)=O)C1(C(=O)[C@@H]4C)[C@H](OC(C)=O)C[C@H]23. The molecule has 1 saturated heterocycles. The van der Waals surface area contributed by atoms with Gasteiger partial charge in [0.05, 0.1) is 6.61 Å². The van der Waals surface area contributed by atoms with Crippen molar-refractivity contribution in [1.29, 1.82) is 0 Å². The van der Waals surface area contributed by atoms with Gasteiger partial charge in [0.2, 0.25) is 6.29 Å². The van der Waals surface area contributed by atoms with Gasteiger partial charge in [-0.05, 0) is 37.0 Å². The fraction of sp³-hybridized carbons (Fsp3) is 0.821. The lowest BCUT2D eigenvalue weighted by molar-refractivity contribution is -0.359. The largest absolute Gasteiger partial charge is 0.462 e. The summed E-state index contributed by atoms with van der Waals surface area (Å²) in [6, 6.07) is 0. The van der Waals surface area contributed by atoms with Crippen LogP contribution < -0.4 is 0 Å². The van der Waals surface area contributed by atoms with E-state index in [9.17, 15) is 24.0 Å². The summed E-state index contributed by atoms with van der Waals surface area (Å²) in [6.07, 6.45) is -0.719. The molecule has 10 nitrogen and oxygen atoms in total. The molecule has 5 aliphatic rings. The van der Waals surface area contributed by atoms with E-state index in [-0.39, 0.29) is 17.1 Å². The number of carbonyl (C=O) groups excluding carboxylic acids is 5. The third-order valence-corrected chi connectivity index (χ3v) is 10.3. The number of hydrogen-bond donors (Lipinski definition) is 0. The molecule has 11 atom stereocenters. The third kappa shape index (κ3) is 3.58. The summed E-state index contributed by atoms with van der Waals surface area (Å²) in [6.45, 7) is 9.49. The standard InChI is InChI=1S/C28H38O10/c1-13-18-10-19(35-14(2)29)22-27-9-7-8-26(6,12-34-25(27)38-17(5)32)20(27)11-21(36-15(3)30)28(22,23(13)33)24(18)37-16(4)31/h13,18-22,24-25H,7-12H2,1-6H3/t13-,18+,19+,20-,21-,22+,24-,25?,26+,27+,28?/m1/s1. The Labute approximate surface area is 222 Å². The van der Waals surface area contributed by atoms with E-state index < -0.39 is 77.1 Å². The quantitative estimate of drug-likeness (QED) is 0.392. The number of fused-ring (bicyclic) bond motifs is 1. The lowest BCUT2D eigenvalue weighted by Crippen LogP contribution is -2.76. The average Bonchev–Trinajstić information content (AvgIpc) is 2.91. The number of rotatable bonds is 4. The smallest absolute Gasteiger partial charge is 0.304 e. The van der Waals surface area contributed by atoms with Crippen LogP contribution in [0.1, 0.15) is 73.6 Å². The minimum absolute atomic E-state index is 0.168.